The van der Waals surface area contributed by atoms with Gasteiger partial charge in [-0.15, -0.1) is 0 Å². The quantitative estimate of drug-likeness (QED) is 0.720. The molecule has 0 bridgehead atoms. The lowest BCUT2D eigenvalue weighted by Gasteiger charge is -2.18. The Labute approximate surface area is 90.2 Å². The molecule has 0 unspecified atom stereocenters. The summed E-state index contributed by atoms with van der Waals surface area (Å²) in [6.45, 7) is 4.70. The van der Waals surface area contributed by atoms with Gasteiger partial charge in [0.1, 0.15) is 0 Å². The zero-order chi connectivity index (χ0) is 10.8. The third-order valence-corrected chi connectivity index (χ3v) is 4.27. The van der Waals surface area contributed by atoms with Gasteiger partial charge in [-0.1, -0.05) is 13.8 Å². The zero-order valence-corrected chi connectivity index (χ0v) is 9.99. The first-order chi connectivity index (χ1) is 6.51. The van der Waals surface area contributed by atoms with Crippen molar-refractivity contribution in [1.29, 1.82) is 0 Å². The van der Waals surface area contributed by atoms with E-state index in [2.05, 4.69) is 11.6 Å². The molecular formula is C10H20N2OS. The zero-order valence-electron chi connectivity index (χ0n) is 9.17. The van der Waals surface area contributed by atoms with E-state index in [4.69, 9.17) is 5.73 Å². The minimum absolute atomic E-state index is 0.0136. The summed E-state index contributed by atoms with van der Waals surface area (Å²) in [6, 6.07) is -0.368. The Balaban J connectivity index is 2.28. The van der Waals surface area contributed by atoms with Crippen LogP contribution in [0.5, 0.6) is 0 Å². The van der Waals surface area contributed by atoms with E-state index in [1.165, 1.54) is 12.8 Å². The lowest BCUT2D eigenvalue weighted by atomic mass is 10.1. The maximum atomic E-state index is 11.5. The third-order valence-electron chi connectivity index (χ3n) is 2.85. The van der Waals surface area contributed by atoms with E-state index < -0.39 is 0 Å². The normalized spacial score (nSPS) is 20.6. The van der Waals surface area contributed by atoms with Crippen LogP contribution in [-0.2, 0) is 4.79 Å². The second-order valence-corrected chi connectivity index (χ2v) is 5.65. The second kappa shape index (κ2) is 4.53. The number of hydrogen-bond acceptors (Lipinski definition) is 3. The van der Waals surface area contributed by atoms with Gasteiger partial charge in [-0.05, 0) is 25.0 Å². The van der Waals surface area contributed by atoms with Gasteiger partial charge in [0.2, 0.25) is 5.91 Å². The van der Waals surface area contributed by atoms with Crippen LogP contribution in [-0.4, -0.2) is 29.5 Å². The van der Waals surface area contributed by atoms with E-state index >= 15 is 0 Å². The molecule has 0 aromatic rings. The first-order valence-corrected chi connectivity index (χ1v) is 6.32. The van der Waals surface area contributed by atoms with Crippen molar-refractivity contribution in [2.24, 2.45) is 11.7 Å². The molecule has 1 atom stereocenters. The molecular weight excluding hydrogens is 196 g/mol. The van der Waals surface area contributed by atoms with Crippen molar-refractivity contribution < 1.29 is 4.79 Å². The molecule has 0 saturated heterocycles. The molecule has 1 fully saturated rings. The highest BCUT2D eigenvalue weighted by molar-refractivity contribution is 8.00. The number of carbonyl (C=O) groups is 1. The van der Waals surface area contributed by atoms with Gasteiger partial charge in [-0.2, -0.15) is 11.8 Å². The van der Waals surface area contributed by atoms with Crippen molar-refractivity contribution in [2.45, 2.75) is 37.5 Å². The van der Waals surface area contributed by atoms with Crippen molar-refractivity contribution >= 4 is 17.7 Å². The van der Waals surface area contributed by atoms with Crippen molar-refractivity contribution in [3.8, 4) is 0 Å². The number of nitrogens with one attached hydrogen (secondary N) is 1. The van der Waals surface area contributed by atoms with E-state index in [9.17, 15) is 4.79 Å². The Hall–Kier alpha value is -0.220. The molecule has 0 aliphatic heterocycles. The minimum atomic E-state index is -0.368. The Bertz CT molecular complexity index is 214. The van der Waals surface area contributed by atoms with E-state index in [-0.39, 0.29) is 17.9 Å². The van der Waals surface area contributed by atoms with E-state index in [0.29, 0.717) is 4.75 Å². The van der Waals surface area contributed by atoms with Crippen molar-refractivity contribution in [3.63, 3.8) is 0 Å². The van der Waals surface area contributed by atoms with Crippen LogP contribution in [0.15, 0.2) is 0 Å². The smallest absolute Gasteiger partial charge is 0.237 e. The highest BCUT2D eigenvalue weighted by Crippen LogP contribution is 2.46. The Kier molecular flexibility index (Phi) is 3.84. The predicted octanol–water partition coefficient (Wildman–Crippen LogP) is 0.981. The molecule has 14 heavy (non-hydrogen) atoms. The molecule has 0 spiro atoms. The summed E-state index contributed by atoms with van der Waals surface area (Å²) in [6.07, 6.45) is 4.53. The number of hydrogen-bond donors (Lipinski definition) is 2. The third kappa shape index (κ3) is 2.89. The fraction of sp³-hybridized carbons (Fsp3) is 0.900. The van der Waals surface area contributed by atoms with Crippen molar-refractivity contribution in [2.75, 3.05) is 12.8 Å². The average Bonchev–Trinajstić information content (AvgIpc) is 2.93. The van der Waals surface area contributed by atoms with E-state index in [0.717, 1.165) is 6.54 Å². The molecule has 3 N–H and O–H groups in total. The summed E-state index contributed by atoms with van der Waals surface area (Å²) in [5.74, 6) is 0.194. The number of rotatable bonds is 5. The van der Waals surface area contributed by atoms with Gasteiger partial charge in [-0.3, -0.25) is 4.79 Å². The minimum Gasteiger partial charge on any atom is -0.353 e. The van der Waals surface area contributed by atoms with Crippen LogP contribution < -0.4 is 11.1 Å². The molecule has 3 nitrogen and oxygen atoms in total. The van der Waals surface area contributed by atoms with Gasteiger partial charge in [-0.25, -0.2) is 0 Å². The Morgan fingerprint density at radius 3 is 2.50 bits per heavy atom. The molecule has 0 radical (unpaired) electrons. The lowest BCUT2D eigenvalue weighted by Crippen LogP contribution is -2.46. The van der Waals surface area contributed by atoms with Gasteiger partial charge in [0.25, 0.3) is 0 Å². The van der Waals surface area contributed by atoms with Crippen LogP contribution >= 0.6 is 11.8 Å². The Morgan fingerprint density at radius 1 is 1.57 bits per heavy atom. The first kappa shape index (κ1) is 11.9. The molecule has 1 rings (SSSR count). The maximum Gasteiger partial charge on any atom is 0.237 e. The highest BCUT2D eigenvalue weighted by Gasteiger charge is 2.42. The maximum absolute atomic E-state index is 11.5. The van der Waals surface area contributed by atoms with E-state index in [1.807, 2.05) is 25.6 Å². The largest absolute Gasteiger partial charge is 0.353 e. The topological polar surface area (TPSA) is 55.1 Å². The summed E-state index contributed by atoms with van der Waals surface area (Å²) in [7, 11) is 0. The van der Waals surface area contributed by atoms with Crippen LogP contribution in [0.1, 0.15) is 26.7 Å². The van der Waals surface area contributed by atoms with Crippen LogP contribution in [0.2, 0.25) is 0 Å². The Morgan fingerprint density at radius 2 is 2.14 bits per heavy atom. The van der Waals surface area contributed by atoms with Crippen LogP contribution in [0.25, 0.3) is 0 Å². The standard InChI is InChI=1S/C10H20N2OS/c1-7(2)8(11)9(13)12-6-10(14-3)4-5-10/h7-8H,4-6,11H2,1-3H3,(H,12,13)/t8-/m1/s1. The first-order valence-electron chi connectivity index (χ1n) is 5.09. The van der Waals surface area contributed by atoms with Crippen LogP contribution in [0.3, 0.4) is 0 Å². The summed E-state index contributed by atoms with van der Waals surface area (Å²) in [5.41, 5.74) is 5.73. The van der Waals surface area contributed by atoms with Gasteiger partial charge in [0.05, 0.1) is 6.04 Å². The van der Waals surface area contributed by atoms with Crippen molar-refractivity contribution in [3.05, 3.63) is 0 Å². The molecule has 0 aromatic heterocycles. The molecule has 1 amide bonds. The fourth-order valence-corrected chi connectivity index (χ4v) is 1.99. The highest BCUT2D eigenvalue weighted by atomic mass is 32.2. The molecule has 82 valence electrons. The van der Waals surface area contributed by atoms with Gasteiger partial charge >= 0.3 is 0 Å². The molecule has 0 heterocycles. The molecule has 1 aliphatic carbocycles. The molecule has 0 aromatic carbocycles. The number of nitrogens with two attached hydrogens (primary N) is 1. The van der Waals surface area contributed by atoms with Gasteiger partial charge in [0, 0.05) is 11.3 Å². The average molecular weight is 216 g/mol. The monoisotopic (exact) mass is 216 g/mol. The SMILES string of the molecule is CSC1(CNC(=O)[C@H](N)C(C)C)CC1. The molecule has 1 aliphatic rings. The van der Waals surface area contributed by atoms with Gasteiger partial charge in [0.15, 0.2) is 0 Å². The molecule has 1 saturated carbocycles. The lowest BCUT2D eigenvalue weighted by molar-refractivity contribution is -0.123. The second-order valence-electron chi connectivity index (χ2n) is 4.37. The summed E-state index contributed by atoms with van der Waals surface area (Å²) < 4.78 is 0.326. The number of thioether (sulfide) groups is 1. The van der Waals surface area contributed by atoms with Crippen molar-refractivity contribution in [1.82, 2.24) is 5.32 Å². The summed E-state index contributed by atoms with van der Waals surface area (Å²) in [5, 5.41) is 2.93. The number of carbonyl (C=O) groups excluding carboxylic acids is 1. The predicted molar refractivity (Wildman–Crippen MR) is 61.3 cm³/mol. The fourth-order valence-electron chi connectivity index (χ4n) is 1.26. The summed E-state index contributed by atoms with van der Waals surface area (Å²) >= 11 is 1.84. The number of amides is 1. The van der Waals surface area contributed by atoms with Gasteiger partial charge < -0.3 is 11.1 Å². The summed E-state index contributed by atoms with van der Waals surface area (Å²) in [4.78, 5) is 11.5. The van der Waals surface area contributed by atoms with E-state index in [1.54, 1.807) is 0 Å². The van der Waals surface area contributed by atoms with Crippen LogP contribution in [0.4, 0.5) is 0 Å². The van der Waals surface area contributed by atoms with Crippen LogP contribution in [0, 0.1) is 5.92 Å². The molecule has 4 heteroatoms.